The van der Waals surface area contributed by atoms with Crippen molar-refractivity contribution in [3.63, 3.8) is 0 Å². The van der Waals surface area contributed by atoms with E-state index in [1.807, 2.05) is 72.9 Å². The van der Waals surface area contributed by atoms with Crippen molar-refractivity contribution in [2.75, 3.05) is 13.2 Å². The van der Waals surface area contributed by atoms with Gasteiger partial charge in [-0.3, -0.25) is 14.4 Å². The smallest absolute Gasteiger partial charge is 0.306 e. The number of carbonyl (C=O) groups excluding carboxylic acids is 3. The Labute approximate surface area is 379 Å². The van der Waals surface area contributed by atoms with Crippen molar-refractivity contribution in [3.8, 4) is 0 Å². The molecule has 62 heavy (non-hydrogen) atoms. The second kappa shape index (κ2) is 49.2. The van der Waals surface area contributed by atoms with E-state index in [-0.39, 0.29) is 44.0 Å². The van der Waals surface area contributed by atoms with Gasteiger partial charge in [-0.2, -0.15) is 0 Å². The first kappa shape index (κ1) is 57.5. The molecule has 1 atom stereocenters. The number of ether oxygens (including phenoxy) is 3. The number of hydrogen-bond donors (Lipinski definition) is 0. The van der Waals surface area contributed by atoms with Gasteiger partial charge in [0.1, 0.15) is 13.2 Å². The van der Waals surface area contributed by atoms with Crippen molar-refractivity contribution < 1.29 is 28.6 Å². The summed E-state index contributed by atoms with van der Waals surface area (Å²) in [6, 6.07) is 0. The minimum absolute atomic E-state index is 0.124. The van der Waals surface area contributed by atoms with Crippen LogP contribution in [0.4, 0.5) is 0 Å². The van der Waals surface area contributed by atoms with Crippen molar-refractivity contribution in [3.05, 3.63) is 134 Å². The third kappa shape index (κ3) is 46.6. The first-order valence-corrected chi connectivity index (χ1v) is 24.3. The van der Waals surface area contributed by atoms with Crippen molar-refractivity contribution in [2.24, 2.45) is 0 Å². The van der Waals surface area contributed by atoms with Crippen LogP contribution in [-0.4, -0.2) is 37.2 Å². The van der Waals surface area contributed by atoms with E-state index in [1.165, 1.54) is 38.5 Å². The van der Waals surface area contributed by atoms with Gasteiger partial charge in [0.05, 0.1) is 0 Å². The summed E-state index contributed by atoms with van der Waals surface area (Å²) in [5.74, 6) is -1.03. The summed E-state index contributed by atoms with van der Waals surface area (Å²) in [5.41, 5.74) is 0. The Balaban J connectivity index is 4.58. The topological polar surface area (TPSA) is 78.9 Å². The van der Waals surface area contributed by atoms with Crippen LogP contribution in [0.1, 0.15) is 181 Å². The highest BCUT2D eigenvalue weighted by Crippen LogP contribution is 2.11. The molecule has 0 spiro atoms. The van der Waals surface area contributed by atoms with Crippen molar-refractivity contribution in [2.45, 2.75) is 187 Å². The van der Waals surface area contributed by atoms with Gasteiger partial charge in [0, 0.05) is 19.3 Å². The highest BCUT2D eigenvalue weighted by atomic mass is 16.6. The van der Waals surface area contributed by atoms with E-state index in [9.17, 15) is 14.4 Å². The van der Waals surface area contributed by atoms with Gasteiger partial charge in [0.15, 0.2) is 6.10 Å². The third-order valence-electron chi connectivity index (χ3n) is 9.56. The van der Waals surface area contributed by atoms with Crippen LogP contribution in [0.5, 0.6) is 0 Å². The zero-order valence-corrected chi connectivity index (χ0v) is 39.3. The Kier molecular flexibility index (Phi) is 45.7. The molecule has 0 amide bonds. The predicted octanol–water partition coefficient (Wildman–Crippen LogP) is 15.9. The van der Waals surface area contributed by atoms with E-state index in [0.29, 0.717) is 19.3 Å². The number of esters is 3. The lowest BCUT2D eigenvalue weighted by molar-refractivity contribution is -0.167. The Hall–Kier alpha value is -4.45. The van der Waals surface area contributed by atoms with E-state index in [4.69, 9.17) is 14.2 Å². The number of rotatable bonds is 41. The van der Waals surface area contributed by atoms with Crippen LogP contribution in [0.25, 0.3) is 0 Å². The van der Waals surface area contributed by atoms with E-state index >= 15 is 0 Å². The summed E-state index contributed by atoms with van der Waals surface area (Å²) in [4.78, 5) is 37.9. The first-order chi connectivity index (χ1) is 30.5. The molecule has 0 aliphatic carbocycles. The maximum Gasteiger partial charge on any atom is 0.306 e. The molecule has 0 radical (unpaired) electrons. The normalized spacial score (nSPS) is 13.3. The number of allylic oxidation sites excluding steroid dienone is 22. The van der Waals surface area contributed by atoms with Gasteiger partial charge >= 0.3 is 17.9 Å². The standard InChI is InChI=1S/C56H86O6/c1-4-7-10-13-16-19-22-25-26-27-28-29-30-32-34-37-40-43-46-49-55(58)61-52-53(51-60-54(57)48-45-42-39-36-33-24-21-18-15-12-9-6-3)62-56(59)50-47-44-41-38-35-31-23-20-17-14-11-8-5-2/h7,9-10,12-13,16,18-19,21-22,25-36,53H,4-6,8,11,14-15,17,20,23-24,37-52H2,1-3H3/b10-7-,12-9-,16-13-,21-18-,22-19-,26-25-,28-27+,30-29-,34-32-,35-31-,36-33-. The average molecular weight is 855 g/mol. The van der Waals surface area contributed by atoms with Crippen molar-refractivity contribution in [1.82, 2.24) is 0 Å². The molecule has 0 aromatic carbocycles. The van der Waals surface area contributed by atoms with Gasteiger partial charge in [0.25, 0.3) is 0 Å². The number of unbranched alkanes of at least 4 members (excludes halogenated alkanes) is 14. The minimum Gasteiger partial charge on any atom is -0.462 e. The van der Waals surface area contributed by atoms with Crippen LogP contribution in [-0.2, 0) is 28.6 Å². The van der Waals surface area contributed by atoms with Gasteiger partial charge in [-0.15, -0.1) is 0 Å². The van der Waals surface area contributed by atoms with Crippen LogP contribution in [0.15, 0.2) is 134 Å². The molecule has 1 unspecified atom stereocenters. The van der Waals surface area contributed by atoms with E-state index < -0.39 is 6.10 Å². The lowest BCUT2D eigenvalue weighted by Gasteiger charge is -2.18. The molecule has 0 heterocycles. The minimum atomic E-state index is -0.824. The Morgan fingerprint density at radius 2 is 0.710 bits per heavy atom. The zero-order valence-electron chi connectivity index (χ0n) is 39.3. The maximum atomic E-state index is 12.8. The molecule has 0 saturated heterocycles. The van der Waals surface area contributed by atoms with Crippen LogP contribution >= 0.6 is 0 Å². The molecule has 6 nitrogen and oxygen atoms in total. The van der Waals surface area contributed by atoms with E-state index in [0.717, 1.165) is 89.9 Å². The molecule has 0 aliphatic heterocycles. The van der Waals surface area contributed by atoms with Crippen LogP contribution in [0.3, 0.4) is 0 Å². The molecule has 0 aromatic rings. The summed E-state index contributed by atoms with van der Waals surface area (Å²) in [5, 5.41) is 0. The maximum absolute atomic E-state index is 12.8. The largest absolute Gasteiger partial charge is 0.462 e. The molecule has 0 rings (SSSR count). The molecular formula is C56H86O6. The van der Waals surface area contributed by atoms with Crippen LogP contribution in [0, 0.1) is 0 Å². The monoisotopic (exact) mass is 855 g/mol. The van der Waals surface area contributed by atoms with Crippen LogP contribution < -0.4 is 0 Å². The highest BCUT2D eigenvalue weighted by Gasteiger charge is 2.19. The first-order valence-electron chi connectivity index (χ1n) is 24.3. The quantitative estimate of drug-likeness (QED) is 0.0200. The lowest BCUT2D eigenvalue weighted by Crippen LogP contribution is -2.30. The fourth-order valence-corrected chi connectivity index (χ4v) is 5.96. The summed E-state index contributed by atoms with van der Waals surface area (Å²) in [6.07, 6.45) is 68.6. The molecule has 0 saturated carbocycles. The molecule has 0 aromatic heterocycles. The second-order valence-corrected chi connectivity index (χ2v) is 15.4. The molecular weight excluding hydrogens is 769 g/mol. The summed E-state index contributed by atoms with van der Waals surface area (Å²) in [6.45, 7) is 6.24. The fraction of sp³-hybridized carbons (Fsp3) is 0.554. The molecule has 0 fully saturated rings. The van der Waals surface area contributed by atoms with E-state index in [1.54, 1.807) is 0 Å². The van der Waals surface area contributed by atoms with Gasteiger partial charge < -0.3 is 14.2 Å². The molecule has 346 valence electrons. The van der Waals surface area contributed by atoms with Crippen molar-refractivity contribution >= 4 is 17.9 Å². The SMILES string of the molecule is CC\C=C/C=C\C=C/C=C\C=C\C=C/C=C\CCCCCC(=O)OCC(COC(=O)CCCC/C=C\C/C=C\C/C=C\CC)OC(=O)CCCCC/C=C\CCCCCCCC. The Morgan fingerprint density at radius 3 is 1.23 bits per heavy atom. The lowest BCUT2D eigenvalue weighted by atomic mass is 10.1. The van der Waals surface area contributed by atoms with Gasteiger partial charge in [0.2, 0.25) is 0 Å². The van der Waals surface area contributed by atoms with Crippen molar-refractivity contribution in [1.29, 1.82) is 0 Å². The Bertz CT molecular complexity index is 1400. The summed E-state index contributed by atoms with van der Waals surface area (Å²) >= 11 is 0. The molecule has 0 aliphatic rings. The van der Waals surface area contributed by atoms with Crippen LogP contribution in [0.2, 0.25) is 0 Å². The van der Waals surface area contributed by atoms with E-state index in [2.05, 4.69) is 81.5 Å². The van der Waals surface area contributed by atoms with Gasteiger partial charge in [-0.05, 0) is 96.3 Å². The average Bonchev–Trinajstić information content (AvgIpc) is 3.27. The molecule has 0 bridgehead atoms. The highest BCUT2D eigenvalue weighted by molar-refractivity contribution is 5.71. The molecule has 6 heteroatoms. The summed E-state index contributed by atoms with van der Waals surface area (Å²) in [7, 11) is 0. The predicted molar refractivity (Wildman–Crippen MR) is 265 cm³/mol. The van der Waals surface area contributed by atoms with Gasteiger partial charge in [-0.1, -0.05) is 199 Å². The Morgan fingerprint density at radius 1 is 0.355 bits per heavy atom. The number of hydrogen-bond acceptors (Lipinski definition) is 6. The summed E-state index contributed by atoms with van der Waals surface area (Å²) < 4.78 is 16.7. The zero-order chi connectivity index (χ0) is 45.1. The second-order valence-electron chi connectivity index (χ2n) is 15.4. The fourth-order valence-electron chi connectivity index (χ4n) is 5.96. The molecule has 0 N–H and O–H groups in total. The van der Waals surface area contributed by atoms with Gasteiger partial charge in [-0.25, -0.2) is 0 Å². The number of carbonyl (C=O) groups is 3. The third-order valence-corrected chi connectivity index (χ3v) is 9.56.